The van der Waals surface area contributed by atoms with Crippen molar-refractivity contribution in [2.75, 3.05) is 19.3 Å². The van der Waals surface area contributed by atoms with Crippen molar-refractivity contribution < 1.29 is 13.2 Å². The second kappa shape index (κ2) is 5.88. The van der Waals surface area contributed by atoms with Crippen LogP contribution in [0.15, 0.2) is 11.6 Å². The number of carbonyl (C=O) groups is 1. The van der Waals surface area contributed by atoms with E-state index in [1.165, 1.54) is 22.6 Å². The first-order chi connectivity index (χ1) is 10.7. The van der Waals surface area contributed by atoms with Crippen LogP contribution in [-0.2, 0) is 14.8 Å². The van der Waals surface area contributed by atoms with Crippen LogP contribution in [0.1, 0.15) is 46.0 Å². The number of sulfonamides is 1. The van der Waals surface area contributed by atoms with Gasteiger partial charge in [-0.05, 0) is 49.4 Å². The maximum absolute atomic E-state index is 12.3. The fraction of sp³-hybridized carbons (Fsp3) is 0.824. The highest BCUT2D eigenvalue weighted by Crippen LogP contribution is 2.59. The predicted octanol–water partition coefficient (Wildman–Crippen LogP) is 1.91. The highest BCUT2D eigenvalue weighted by molar-refractivity contribution is 7.88. The van der Waals surface area contributed by atoms with Crippen LogP contribution in [-0.4, -0.2) is 44.0 Å². The largest absolute Gasteiger partial charge is 0.354 e. The number of nitrogens with zero attached hydrogens (tertiary/aromatic N) is 1. The van der Waals surface area contributed by atoms with Gasteiger partial charge in [-0.25, -0.2) is 8.42 Å². The predicted molar refractivity (Wildman–Crippen MR) is 90.3 cm³/mol. The average molecular weight is 340 g/mol. The normalized spacial score (nSPS) is 33.0. The Labute approximate surface area is 139 Å². The van der Waals surface area contributed by atoms with Gasteiger partial charge in [0.25, 0.3) is 0 Å². The van der Waals surface area contributed by atoms with Crippen LogP contribution in [0.5, 0.6) is 0 Å². The summed E-state index contributed by atoms with van der Waals surface area (Å²) < 4.78 is 24.8. The molecule has 1 saturated carbocycles. The number of rotatable bonds is 5. The maximum atomic E-state index is 12.3. The Balaban J connectivity index is 1.51. The van der Waals surface area contributed by atoms with E-state index in [-0.39, 0.29) is 5.91 Å². The van der Waals surface area contributed by atoms with E-state index in [0.717, 1.165) is 25.2 Å². The van der Waals surface area contributed by atoms with Gasteiger partial charge in [0.15, 0.2) is 0 Å². The molecule has 4 rings (SSSR count). The molecule has 0 spiro atoms. The molecule has 3 aliphatic carbocycles. The number of carbonyl (C=O) groups excluding carboxylic acids is 1. The Bertz CT molecular complexity index is 624. The van der Waals surface area contributed by atoms with Crippen molar-refractivity contribution in [1.29, 1.82) is 0 Å². The maximum Gasteiger partial charge on any atom is 0.238 e. The molecule has 4 aliphatic rings. The third-order valence-electron chi connectivity index (χ3n) is 6.23. The molecule has 5 nitrogen and oxygen atoms in total. The molecule has 1 saturated heterocycles. The van der Waals surface area contributed by atoms with Crippen molar-refractivity contribution in [3.8, 4) is 0 Å². The van der Waals surface area contributed by atoms with Crippen LogP contribution in [0.25, 0.3) is 0 Å². The van der Waals surface area contributed by atoms with Gasteiger partial charge in [-0.3, -0.25) is 4.79 Å². The van der Waals surface area contributed by atoms with Crippen molar-refractivity contribution >= 4 is 15.9 Å². The van der Waals surface area contributed by atoms with Gasteiger partial charge in [-0.15, -0.1) is 0 Å². The smallest absolute Gasteiger partial charge is 0.238 e. The molecule has 2 fully saturated rings. The molecule has 0 unspecified atom stereocenters. The lowest BCUT2D eigenvalue weighted by Crippen LogP contribution is -2.49. The van der Waals surface area contributed by atoms with Crippen LogP contribution in [0, 0.1) is 17.3 Å². The third-order valence-corrected chi connectivity index (χ3v) is 7.52. The zero-order valence-corrected chi connectivity index (χ0v) is 15.2. The summed E-state index contributed by atoms with van der Waals surface area (Å²) in [5.41, 5.74) is 1.89. The summed E-state index contributed by atoms with van der Waals surface area (Å²) in [5.74, 6) is 1.35. The van der Waals surface area contributed by atoms with Gasteiger partial charge in [-0.2, -0.15) is 4.31 Å². The molecule has 1 amide bonds. The Kier molecular flexibility index (Phi) is 4.34. The van der Waals surface area contributed by atoms with E-state index in [2.05, 4.69) is 25.2 Å². The molecule has 0 aromatic rings. The molecule has 1 N–H and O–H groups in total. The minimum absolute atomic E-state index is 0.143. The minimum Gasteiger partial charge on any atom is -0.354 e. The van der Waals surface area contributed by atoms with E-state index < -0.39 is 16.1 Å². The Hall–Kier alpha value is -0.880. The van der Waals surface area contributed by atoms with E-state index in [9.17, 15) is 13.2 Å². The summed E-state index contributed by atoms with van der Waals surface area (Å²) in [6, 6.07) is -0.519. The molecule has 0 radical (unpaired) electrons. The zero-order valence-electron chi connectivity index (χ0n) is 14.3. The number of hydrogen-bond acceptors (Lipinski definition) is 3. The van der Waals surface area contributed by atoms with Crippen molar-refractivity contribution in [2.24, 2.45) is 17.3 Å². The lowest BCUT2D eigenvalue weighted by atomic mass is 9.48. The van der Waals surface area contributed by atoms with Gasteiger partial charge >= 0.3 is 0 Å². The van der Waals surface area contributed by atoms with Crippen molar-refractivity contribution in [2.45, 2.75) is 52.0 Å². The van der Waals surface area contributed by atoms with Gasteiger partial charge in [-0.1, -0.05) is 25.5 Å². The van der Waals surface area contributed by atoms with Crippen molar-refractivity contribution in [3.05, 3.63) is 11.6 Å². The summed E-state index contributed by atoms with van der Waals surface area (Å²) in [4.78, 5) is 12.3. The van der Waals surface area contributed by atoms with Crippen LogP contribution in [0.3, 0.4) is 0 Å². The summed E-state index contributed by atoms with van der Waals surface area (Å²) in [7, 11) is -3.30. The highest BCUT2D eigenvalue weighted by atomic mass is 32.2. The molecule has 2 bridgehead atoms. The molecular weight excluding hydrogens is 312 g/mol. The first-order valence-electron chi connectivity index (χ1n) is 8.64. The average Bonchev–Trinajstić information content (AvgIpc) is 2.96. The van der Waals surface area contributed by atoms with Gasteiger partial charge < -0.3 is 5.32 Å². The Morgan fingerprint density at radius 3 is 2.78 bits per heavy atom. The summed E-state index contributed by atoms with van der Waals surface area (Å²) in [6.07, 6.45) is 8.26. The monoisotopic (exact) mass is 340 g/mol. The van der Waals surface area contributed by atoms with Crippen LogP contribution in [0.4, 0.5) is 0 Å². The SMILES string of the molecule is CC1(C)[C@H]2CC=C(CCNC(=O)[C@@H]3CCCN3S(C)(=O)=O)[C@@H]1C2. The van der Waals surface area contributed by atoms with E-state index in [0.29, 0.717) is 30.8 Å². The molecule has 3 atom stereocenters. The molecule has 1 heterocycles. The minimum atomic E-state index is -3.30. The number of hydrogen-bond donors (Lipinski definition) is 1. The van der Waals surface area contributed by atoms with Crippen molar-refractivity contribution in [3.63, 3.8) is 0 Å². The molecule has 130 valence electrons. The topological polar surface area (TPSA) is 66.5 Å². The fourth-order valence-corrected chi connectivity index (χ4v) is 5.73. The quantitative estimate of drug-likeness (QED) is 0.778. The number of nitrogens with one attached hydrogen (secondary N) is 1. The van der Waals surface area contributed by atoms with E-state index in [1.54, 1.807) is 0 Å². The molecule has 0 aromatic carbocycles. The van der Waals surface area contributed by atoms with Gasteiger partial charge in [0.2, 0.25) is 15.9 Å². The number of fused-ring (bicyclic) bond motifs is 1. The van der Waals surface area contributed by atoms with E-state index in [4.69, 9.17) is 0 Å². The molecule has 1 aliphatic heterocycles. The second-order valence-electron chi connectivity index (χ2n) is 7.89. The van der Waals surface area contributed by atoms with E-state index >= 15 is 0 Å². The van der Waals surface area contributed by atoms with Gasteiger partial charge in [0.05, 0.1) is 6.26 Å². The van der Waals surface area contributed by atoms with Crippen LogP contribution in [0.2, 0.25) is 0 Å². The number of amides is 1. The summed E-state index contributed by atoms with van der Waals surface area (Å²) in [6.45, 7) is 5.76. The molecule has 23 heavy (non-hydrogen) atoms. The fourth-order valence-electron chi connectivity index (χ4n) is 4.60. The lowest BCUT2D eigenvalue weighted by Gasteiger charge is -2.56. The molecular formula is C17H28N2O3S. The first kappa shape index (κ1) is 17.0. The van der Waals surface area contributed by atoms with Crippen molar-refractivity contribution in [1.82, 2.24) is 9.62 Å². The zero-order chi connectivity index (χ0) is 16.8. The Morgan fingerprint density at radius 2 is 2.17 bits per heavy atom. The lowest BCUT2D eigenvalue weighted by molar-refractivity contribution is -0.124. The highest BCUT2D eigenvalue weighted by Gasteiger charge is 2.50. The standard InChI is InChI=1S/C17H28N2O3S/c1-17(2)13-7-6-12(14(17)11-13)8-9-18-16(20)15-5-4-10-19(15)23(3,21)22/h6,13-15H,4-5,7-11H2,1-3H3,(H,18,20)/t13-,14-,15-/m0/s1. The van der Waals surface area contributed by atoms with Gasteiger partial charge in [0, 0.05) is 13.1 Å². The van der Waals surface area contributed by atoms with Crippen LogP contribution < -0.4 is 5.32 Å². The van der Waals surface area contributed by atoms with E-state index in [1.807, 2.05) is 0 Å². The van der Waals surface area contributed by atoms with Gasteiger partial charge in [0.1, 0.15) is 6.04 Å². The second-order valence-corrected chi connectivity index (χ2v) is 9.83. The summed E-state index contributed by atoms with van der Waals surface area (Å²) >= 11 is 0. The number of allylic oxidation sites excluding steroid dienone is 1. The molecule has 0 aromatic heterocycles. The Morgan fingerprint density at radius 1 is 1.43 bits per heavy atom. The first-order valence-corrected chi connectivity index (χ1v) is 10.5. The van der Waals surface area contributed by atoms with Crippen LogP contribution >= 0.6 is 0 Å². The summed E-state index contributed by atoms with van der Waals surface area (Å²) in [5, 5.41) is 2.95. The molecule has 6 heteroatoms. The third kappa shape index (κ3) is 3.07.